The van der Waals surface area contributed by atoms with Gasteiger partial charge in [0, 0.05) is 32.7 Å². The summed E-state index contributed by atoms with van der Waals surface area (Å²) in [6.45, 7) is 2.08. The molecule has 0 aromatic carbocycles. The van der Waals surface area contributed by atoms with E-state index in [-0.39, 0.29) is 17.4 Å². The van der Waals surface area contributed by atoms with Gasteiger partial charge in [-0.15, -0.1) is 0 Å². The molecule has 3 N–H and O–H groups in total. The van der Waals surface area contributed by atoms with Crippen molar-refractivity contribution in [2.45, 2.75) is 6.42 Å². The number of aromatic nitrogens is 2. The van der Waals surface area contributed by atoms with Gasteiger partial charge in [-0.05, 0) is 6.42 Å². The van der Waals surface area contributed by atoms with Crippen LogP contribution in [0.5, 0.6) is 5.88 Å². The van der Waals surface area contributed by atoms with Crippen molar-refractivity contribution < 1.29 is 14.2 Å². The van der Waals surface area contributed by atoms with E-state index in [1.54, 1.807) is 7.11 Å². The second kappa shape index (κ2) is 8.37. The second-order valence-electron chi connectivity index (χ2n) is 3.43. The Kier molecular flexibility index (Phi) is 6.67. The van der Waals surface area contributed by atoms with E-state index in [4.69, 9.17) is 25.4 Å². The fourth-order valence-corrected chi connectivity index (χ4v) is 1.22. The smallest absolute Gasteiger partial charge is 0.243 e. The minimum Gasteiger partial charge on any atom is -0.474 e. The monoisotopic (exact) mass is 254 g/mol. The van der Waals surface area contributed by atoms with Crippen LogP contribution in [0, 0.1) is 5.41 Å². The first-order valence-electron chi connectivity index (χ1n) is 5.60. The van der Waals surface area contributed by atoms with E-state index in [9.17, 15) is 0 Å². The molecule has 0 unspecified atom stereocenters. The van der Waals surface area contributed by atoms with Crippen LogP contribution in [0.4, 0.5) is 0 Å². The largest absolute Gasteiger partial charge is 0.474 e. The lowest BCUT2D eigenvalue weighted by molar-refractivity contribution is 0.0794. The second-order valence-corrected chi connectivity index (χ2v) is 3.43. The average molecular weight is 254 g/mol. The molecule has 0 aliphatic carbocycles. The van der Waals surface area contributed by atoms with E-state index >= 15 is 0 Å². The summed E-state index contributed by atoms with van der Waals surface area (Å²) in [6, 6.07) is 0. The third kappa shape index (κ3) is 5.07. The number of nitrogens with zero attached hydrogens (tertiary/aromatic N) is 2. The lowest BCUT2D eigenvalue weighted by Crippen LogP contribution is -2.17. The summed E-state index contributed by atoms with van der Waals surface area (Å²) in [5.74, 6) is 0.0876. The lowest BCUT2D eigenvalue weighted by atomic mass is 10.4. The van der Waals surface area contributed by atoms with Gasteiger partial charge in [0.2, 0.25) is 5.88 Å². The SMILES string of the molecule is COCCCOCCOc1nccnc1C(=N)N. The topological polar surface area (TPSA) is 103 Å². The zero-order chi connectivity index (χ0) is 13.2. The zero-order valence-electron chi connectivity index (χ0n) is 10.4. The first-order chi connectivity index (χ1) is 8.75. The highest BCUT2D eigenvalue weighted by atomic mass is 16.5. The highest BCUT2D eigenvalue weighted by Gasteiger charge is 2.08. The number of ether oxygens (including phenoxy) is 3. The number of rotatable bonds is 9. The molecule has 0 fully saturated rings. The molecule has 1 rings (SSSR count). The summed E-state index contributed by atoms with van der Waals surface area (Å²) >= 11 is 0. The van der Waals surface area contributed by atoms with E-state index in [1.807, 2.05) is 0 Å². The van der Waals surface area contributed by atoms with Crippen molar-refractivity contribution in [3.63, 3.8) is 0 Å². The van der Waals surface area contributed by atoms with Crippen LogP contribution in [0.15, 0.2) is 12.4 Å². The first kappa shape index (κ1) is 14.3. The highest BCUT2D eigenvalue weighted by Crippen LogP contribution is 2.09. The van der Waals surface area contributed by atoms with Gasteiger partial charge in [0.15, 0.2) is 5.69 Å². The Balaban J connectivity index is 2.25. The molecule has 1 aromatic rings. The van der Waals surface area contributed by atoms with Crippen molar-refractivity contribution in [1.82, 2.24) is 9.97 Å². The molecule has 0 saturated carbocycles. The quantitative estimate of drug-likeness (QED) is 0.370. The van der Waals surface area contributed by atoms with Gasteiger partial charge < -0.3 is 19.9 Å². The molecule has 0 saturated heterocycles. The number of hydrogen-bond acceptors (Lipinski definition) is 6. The summed E-state index contributed by atoms with van der Waals surface area (Å²) in [5.41, 5.74) is 5.60. The Labute approximate surface area is 106 Å². The summed E-state index contributed by atoms with van der Waals surface area (Å²) in [4.78, 5) is 7.89. The predicted octanol–water partition coefficient (Wildman–Crippen LogP) is 0.193. The van der Waals surface area contributed by atoms with Crippen LogP contribution in [0.25, 0.3) is 0 Å². The van der Waals surface area contributed by atoms with Crippen LogP contribution >= 0.6 is 0 Å². The Bertz CT molecular complexity index is 373. The number of nitrogen functional groups attached to an aromatic ring is 1. The average Bonchev–Trinajstić information content (AvgIpc) is 2.38. The van der Waals surface area contributed by atoms with Gasteiger partial charge in [0.1, 0.15) is 12.4 Å². The summed E-state index contributed by atoms with van der Waals surface area (Å²) in [7, 11) is 1.65. The van der Waals surface area contributed by atoms with Crippen molar-refractivity contribution >= 4 is 5.84 Å². The van der Waals surface area contributed by atoms with Crippen LogP contribution in [0.2, 0.25) is 0 Å². The maximum atomic E-state index is 7.32. The molecule has 0 spiro atoms. The molecular weight excluding hydrogens is 236 g/mol. The molecule has 7 nitrogen and oxygen atoms in total. The summed E-state index contributed by atoms with van der Waals surface area (Å²) in [5, 5.41) is 7.32. The Hall–Kier alpha value is -1.73. The maximum absolute atomic E-state index is 7.32. The minimum absolute atomic E-state index is 0.167. The van der Waals surface area contributed by atoms with Crippen molar-refractivity contribution in [3.8, 4) is 5.88 Å². The molecule has 0 radical (unpaired) electrons. The van der Waals surface area contributed by atoms with Crippen LogP contribution in [-0.2, 0) is 9.47 Å². The van der Waals surface area contributed by atoms with Crippen molar-refractivity contribution in [3.05, 3.63) is 18.1 Å². The first-order valence-corrected chi connectivity index (χ1v) is 5.60. The third-order valence-corrected chi connectivity index (χ3v) is 2.02. The van der Waals surface area contributed by atoms with Crippen molar-refractivity contribution in [2.24, 2.45) is 5.73 Å². The van der Waals surface area contributed by atoms with Gasteiger partial charge in [-0.2, -0.15) is 0 Å². The number of amidine groups is 1. The Morgan fingerprint density at radius 1 is 1.22 bits per heavy atom. The fourth-order valence-electron chi connectivity index (χ4n) is 1.22. The van der Waals surface area contributed by atoms with Gasteiger partial charge in [-0.25, -0.2) is 9.97 Å². The highest BCUT2D eigenvalue weighted by molar-refractivity contribution is 5.94. The van der Waals surface area contributed by atoms with E-state index in [1.165, 1.54) is 12.4 Å². The molecule has 0 aliphatic heterocycles. The van der Waals surface area contributed by atoms with E-state index in [0.29, 0.717) is 26.4 Å². The van der Waals surface area contributed by atoms with E-state index in [2.05, 4.69) is 9.97 Å². The molecular formula is C11H18N4O3. The molecule has 0 bridgehead atoms. The maximum Gasteiger partial charge on any atom is 0.243 e. The molecule has 18 heavy (non-hydrogen) atoms. The van der Waals surface area contributed by atoms with Crippen LogP contribution in [-0.4, -0.2) is 49.3 Å². The van der Waals surface area contributed by atoms with E-state index in [0.717, 1.165) is 6.42 Å². The van der Waals surface area contributed by atoms with Crippen molar-refractivity contribution in [1.29, 1.82) is 5.41 Å². The van der Waals surface area contributed by atoms with Gasteiger partial charge in [0.05, 0.1) is 6.61 Å². The Morgan fingerprint density at radius 3 is 2.72 bits per heavy atom. The lowest BCUT2D eigenvalue weighted by Gasteiger charge is -2.08. The molecule has 1 aromatic heterocycles. The molecule has 0 atom stereocenters. The molecule has 100 valence electrons. The zero-order valence-corrected chi connectivity index (χ0v) is 10.4. The number of hydrogen-bond donors (Lipinski definition) is 2. The fraction of sp³-hybridized carbons (Fsp3) is 0.545. The molecule has 0 aliphatic rings. The van der Waals surface area contributed by atoms with Crippen molar-refractivity contribution in [2.75, 3.05) is 33.5 Å². The van der Waals surface area contributed by atoms with E-state index < -0.39 is 0 Å². The van der Waals surface area contributed by atoms with Gasteiger partial charge >= 0.3 is 0 Å². The molecule has 1 heterocycles. The molecule has 7 heteroatoms. The number of nitrogens with one attached hydrogen (secondary N) is 1. The van der Waals surface area contributed by atoms with Crippen LogP contribution < -0.4 is 10.5 Å². The third-order valence-electron chi connectivity index (χ3n) is 2.02. The number of methoxy groups -OCH3 is 1. The van der Waals surface area contributed by atoms with Gasteiger partial charge in [-0.3, -0.25) is 5.41 Å². The minimum atomic E-state index is -0.167. The summed E-state index contributed by atoms with van der Waals surface area (Å²) in [6.07, 6.45) is 3.80. The van der Waals surface area contributed by atoms with Gasteiger partial charge in [-0.1, -0.05) is 0 Å². The Morgan fingerprint density at radius 2 is 2.00 bits per heavy atom. The number of nitrogens with two attached hydrogens (primary N) is 1. The standard InChI is InChI=1S/C11H18N4O3/c1-16-5-2-6-17-7-8-18-11-9(10(12)13)14-3-4-15-11/h3-4H,2,5-8H2,1H3,(H3,12,13). The predicted molar refractivity (Wildman–Crippen MR) is 65.9 cm³/mol. The normalized spacial score (nSPS) is 10.3. The summed E-state index contributed by atoms with van der Waals surface area (Å²) < 4.78 is 15.6. The van der Waals surface area contributed by atoms with Crippen LogP contribution in [0.3, 0.4) is 0 Å². The van der Waals surface area contributed by atoms with Gasteiger partial charge in [0.25, 0.3) is 0 Å². The molecule has 0 amide bonds. The van der Waals surface area contributed by atoms with Crippen LogP contribution in [0.1, 0.15) is 12.1 Å².